The summed E-state index contributed by atoms with van der Waals surface area (Å²) >= 11 is 5.85. The van der Waals surface area contributed by atoms with Gasteiger partial charge < -0.3 is 20.7 Å². The van der Waals surface area contributed by atoms with Crippen LogP contribution in [0.4, 0.5) is 10.5 Å². The average Bonchev–Trinajstić information content (AvgIpc) is 2.60. The second-order valence-corrected chi connectivity index (χ2v) is 6.41. The molecule has 7 heteroatoms. The number of benzene rings is 2. The van der Waals surface area contributed by atoms with Gasteiger partial charge in [0.25, 0.3) is 0 Å². The van der Waals surface area contributed by atoms with Gasteiger partial charge in [-0.15, -0.1) is 0 Å². The molecule has 0 radical (unpaired) electrons. The van der Waals surface area contributed by atoms with E-state index in [9.17, 15) is 9.59 Å². The Morgan fingerprint density at radius 3 is 2.31 bits per heavy atom. The van der Waals surface area contributed by atoms with E-state index < -0.39 is 0 Å². The number of halogens is 1. The minimum absolute atomic E-state index is 0.0125. The molecule has 0 aromatic heterocycles. The fourth-order valence-corrected chi connectivity index (χ4v) is 2.19. The van der Waals surface area contributed by atoms with E-state index in [2.05, 4.69) is 16.0 Å². The second-order valence-electron chi connectivity index (χ2n) is 5.97. The third-order valence-electron chi connectivity index (χ3n) is 3.29. The molecule has 0 saturated heterocycles. The first-order valence-electron chi connectivity index (χ1n) is 8.24. The van der Waals surface area contributed by atoms with Gasteiger partial charge in [0.05, 0.1) is 6.54 Å². The summed E-state index contributed by atoms with van der Waals surface area (Å²) in [6, 6.07) is 14.1. The molecule has 2 rings (SSSR count). The predicted molar refractivity (Wildman–Crippen MR) is 103 cm³/mol. The average molecular weight is 376 g/mol. The molecular weight excluding hydrogens is 354 g/mol. The Hall–Kier alpha value is -2.73. The molecule has 0 fully saturated rings. The zero-order chi connectivity index (χ0) is 18.9. The number of anilines is 1. The van der Waals surface area contributed by atoms with Crippen LogP contribution in [-0.2, 0) is 11.4 Å². The molecule has 2 aromatic rings. The van der Waals surface area contributed by atoms with Crippen LogP contribution in [0, 0.1) is 0 Å². The van der Waals surface area contributed by atoms with Crippen LogP contribution in [-0.4, -0.2) is 24.5 Å². The lowest BCUT2D eigenvalue weighted by atomic mass is 10.2. The fraction of sp³-hybridized carbons (Fsp3) is 0.263. The molecule has 0 atom stereocenters. The highest BCUT2D eigenvalue weighted by Crippen LogP contribution is 2.17. The monoisotopic (exact) mass is 375 g/mol. The summed E-state index contributed by atoms with van der Waals surface area (Å²) in [6.45, 7) is 4.01. The van der Waals surface area contributed by atoms with Crippen LogP contribution in [0.1, 0.15) is 19.4 Å². The Morgan fingerprint density at radius 2 is 1.69 bits per heavy atom. The molecule has 0 saturated carbocycles. The van der Waals surface area contributed by atoms with Crippen molar-refractivity contribution in [3.63, 3.8) is 0 Å². The van der Waals surface area contributed by atoms with Gasteiger partial charge in [0.15, 0.2) is 0 Å². The second kappa shape index (κ2) is 9.68. The summed E-state index contributed by atoms with van der Waals surface area (Å²) in [6.07, 6.45) is 0. The minimum atomic E-state index is -0.374. The van der Waals surface area contributed by atoms with Gasteiger partial charge in [0.2, 0.25) is 5.91 Å². The molecule has 0 spiro atoms. The number of hydrogen-bond donors (Lipinski definition) is 3. The topological polar surface area (TPSA) is 79.5 Å². The van der Waals surface area contributed by atoms with Gasteiger partial charge in [0.1, 0.15) is 12.4 Å². The fourth-order valence-electron chi connectivity index (χ4n) is 2.06. The Morgan fingerprint density at radius 1 is 1.04 bits per heavy atom. The number of carbonyl (C=O) groups excluding carboxylic acids is 2. The zero-order valence-electron chi connectivity index (χ0n) is 14.7. The molecule has 0 aliphatic rings. The van der Waals surface area contributed by atoms with Crippen LogP contribution in [0.25, 0.3) is 0 Å². The molecule has 0 aliphatic heterocycles. The molecule has 6 nitrogen and oxygen atoms in total. The molecule has 26 heavy (non-hydrogen) atoms. The predicted octanol–water partition coefficient (Wildman–Crippen LogP) is 3.57. The molecule has 0 unspecified atom stereocenters. The number of hydrogen-bond acceptors (Lipinski definition) is 3. The minimum Gasteiger partial charge on any atom is -0.489 e. The van der Waals surface area contributed by atoms with E-state index in [4.69, 9.17) is 16.3 Å². The first-order valence-corrected chi connectivity index (χ1v) is 8.61. The maximum atomic E-state index is 11.8. The van der Waals surface area contributed by atoms with E-state index in [1.807, 2.05) is 38.1 Å². The van der Waals surface area contributed by atoms with E-state index >= 15 is 0 Å². The van der Waals surface area contributed by atoms with Crippen molar-refractivity contribution in [3.8, 4) is 5.75 Å². The maximum absolute atomic E-state index is 11.8. The lowest BCUT2D eigenvalue weighted by Crippen LogP contribution is -2.42. The molecule has 138 valence electrons. The van der Waals surface area contributed by atoms with Crippen LogP contribution in [0.3, 0.4) is 0 Å². The number of urea groups is 1. The van der Waals surface area contributed by atoms with Gasteiger partial charge in [-0.05, 0) is 55.8 Å². The van der Waals surface area contributed by atoms with E-state index in [1.165, 1.54) is 0 Å². The van der Waals surface area contributed by atoms with Crippen molar-refractivity contribution < 1.29 is 14.3 Å². The van der Waals surface area contributed by atoms with Crippen LogP contribution in [0.2, 0.25) is 5.02 Å². The summed E-state index contributed by atoms with van der Waals surface area (Å²) in [5, 5.41) is 8.53. The quantitative estimate of drug-likeness (QED) is 0.692. The number of carbonyl (C=O) groups is 2. The first-order chi connectivity index (χ1) is 12.4. The van der Waals surface area contributed by atoms with Crippen LogP contribution in [0.5, 0.6) is 5.75 Å². The lowest BCUT2D eigenvalue weighted by Gasteiger charge is -2.11. The Balaban J connectivity index is 1.76. The highest BCUT2D eigenvalue weighted by Gasteiger charge is 2.06. The molecule has 2 aromatic carbocycles. The molecule has 0 heterocycles. The summed E-state index contributed by atoms with van der Waals surface area (Å²) in [7, 11) is 0. The Kier molecular flexibility index (Phi) is 7.29. The van der Waals surface area contributed by atoms with Crippen LogP contribution < -0.4 is 20.7 Å². The largest absolute Gasteiger partial charge is 0.489 e. The number of amides is 3. The highest BCUT2D eigenvalue weighted by atomic mass is 35.5. The van der Waals surface area contributed by atoms with Gasteiger partial charge in [-0.1, -0.05) is 23.7 Å². The van der Waals surface area contributed by atoms with Gasteiger partial charge in [-0.3, -0.25) is 4.79 Å². The van der Waals surface area contributed by atoms with Crippen LogP contribution in [0.15, 0.2) is 48.5 Å². The Labute approximate surface area is 157 Å². The van der Waals surface area contributed by atoms with Crippen molar-refractivity contribution in [1.29, 1.82) is 0 Å². The molecular formula is C19H22ClN3O3. The van der Waals surface area contributed by atoms with E-state index in [-0.39, 0.29) is 24.5 Å². The maximum Gasteiger partial charge on any atom is 0.315 e. The zero-order valence-corrected chi connectivity index (χ0v) is 15.5. The summed E-state index contributed by atoms with van der Waals surface area (Å²) in [5.74, 6) is 0.381. The third kappa shape index (κ3) is 7.03. The van der Waals surface area contributed by atoms with E-state index in [1.54, 1.807) is 24.3 Å². The summed E-state index contributed by atoms with van der Waals surface area (Å²) < 4.78 is 5.69. The van der Waals surface area contributed by atoms with E-state index in [0.717, 1.165) is 5.56 Å². The van der Waals surface area contributed by atoms with Gasteiger partial charge in [0, 0.05) is 16.8 Å². The standard InChI is InChI=1S/C19H22ClN3O3/c1-13(2)22-19(25)21-11-18(24)23-16-7-9-17(10-8-16)26-12-14-3-5-15(20)6-4-14/h3-10,13H,11-12H2,1-2H3,(H,23,24)(H2,21,22,25). The SMILES string of the molecule is CC(C)NC(=O)NCC(=O)Nc1ccc(OCc2ccc(Cl)cc2)cc1. The van der Waals surface area contributed by atoms with Crippen LogP contribution >= 0.6 is 11.6 Å². The lowest BCUT2D eigenvalue weighted by molar-refractivity contribution is -0.115. The summed E-state index contributed by atoms with van der Waals surface area (Å²) in [4.78, 5) is 23.3. The molecule has 0 bridgehead atoms. The van der Waals surface area contributed by atoms with Crippen molar-refractivity contribution in [3.05, 3.63) is 59.1 Å². The third-order valence-corrected chi connectivity index (χ3v) is 3.54. The van der Waals surface area contributed by atoms with Gasteiger partial charge >= 0.3 is 6.03 Å². The van der Waals surface area contributed by atoms with Crippen molar-refractivity contribution in [2.45, 2.75) is 26.5 Å². The van der Waals surface area contributed by atoms with Gasteiger partial charge in [-0.25, -0.2) is 4.79 Å². The molecule has 0 aliphatic carbocycles. The smallest absolute Gasteiger partial charge is 0.315 e. The number of nitrogens with one attached hydrogen (secondary N) is 3. The van der Waals surface area contributed by atoms with Crippen molar-refractivity contribution in [1.82, 2.24) is 10.6 Å². The highest BCUT2D eigenvalue weighted by molar-refractivity contribution is 6.30. The number of rotatable bonds is 7. The van der Waals surface area contributed by atoms with Crippen molar-refractivity contribution in [2.75, 3.05) is 11.9 Å². The normalized spacial score (nSPS) is 10.3. The Bertz CT molecular complexity index is 731. The van der Waals surface area contributed by atoms with Gasteiger partial charge in [-0.2, -0.15) is 0 Å². The molecule has 3 amide bonds. The van der Waals surface area contributed by atoms with E-state index in [0.29, 0.717) is 23.1 Å². The first kappa shape index (κ1) is 19.6. The molecule has 3 N–H and O–H groups in total. The summed E-state index contributed by atoms with van der Waals surface area (Å²) in [5.41, 5.74) is 1.64. The number of ether oxygens (including phenoxy) is 1. The van der Waals surface area contributed by atoms with Crippen molar-refractivity contribution >= 4 is 29.2 Å². The van der Waals surface area contributed by atoms with Crippen molar-refractivity contribution in [2.24, 2.45) is 0 Å².